The van der Waals surface area contributed by atoms with E-state index in [1.165, 1.54) is 0 Å². The third-order valence-corrected chi connectivity index (χ3v) is 3.50. The standard InChI is InChI=1S/C15H16N2O3/c1-10-9-17(6-7-20-10)14-8-13(15(18)19)16-12-5-3-2-4-11(12)14/h2-5,8,10H,6-7,9H2,1H3,(H,18,19). The number of morpholine rings is 1. The lowest BCUT2D eigenvalue weighted by molar-refractivity contribution is 0.0533. The second kappa shape index (κ2) is 5.09. The van der Waals surface area contributed by atoms with Crippen molar-refractivity contribution in [3.05, 3.63) is 36.0 Å². The molecule has 0 aliphatic carbocycles. The number of benzene rings is 1. The molecule has 0 amide bonds. The molecule has 1 aromatic carbocycles. The molecule has 5 nitrogen and oxygen atoms in total. The number of rotatable bonds is 2. The minimum atomic E-state index is -1.00. The number of aromatic nitrogens is 1. The van der Waals surface area contributed by atoms with Crippen molar-refractivity contribution in [3.63, 3.8) is 0 Å². The van der Waals surface area contributed by atoms with Crippen molar-refractivity contribution in [1.82, 2.24) is 4.98 Å². The molecule has 1 aliphatic rings. The second-order valence-corrected chi connectivity index (χ2v) is 4.98. The maximum absolute atomic E-state index is 11.2. The molecule has 2 aromatic rings. The predicted molar refractivity (Wildman–Crippen MR) is 76.3 cm³/mol. The first-order valence-corrected chi connectivity index (χ1v) is 6.65. The molecule has 0 saturated carbocycles. The van der Waals surface area contributed by atoms with E-state index in [4.69, 9.17) is 4.74 Å². The molecule has 1 atom stereocenters. The van der Waals surface area contributed by atoms with E-state index in [0.29, 0.717) is 12.1 Å². The summed E-state index contributed by atoms with van der Waals surface area (Å²) in [6.07, 6.45) is 0.143. The zero-order valence-electron chi connectivity index (χ0n) is 11.2. The number of carbonyl (C=O) groups is 1. The van der Waals surface area contributed by atoms with Crippen LogP contribution in [0.3, 0.4) is 0 Å². The number of fused-ring (bicyclic) bond motifs is 1. The highest BCUT2D eigenvalue weighted by atomic mass is 16.5. The first-order chi connectivity index (χ1) is 9.65. The van der Waals surface area contributed by atoms with Gasteiger partial charge in [0.05, 0.1) is 18.2 Å². The lowest BCUT2D eigenvalue weighted by atomic mass is 10.1. The van der Waals surface area contributed by atoms with Crippen LogP contribution in [0, 0.1) is 0 Å². The number of hydrogen-bond acceptors (Lipinski definition) is 4. The number of pyridine rings is 1. The smallest absolute Gasteiger partial charge is 0.354 e. The van der Waals surface area contributed by atoms with E-state index in [9.17, 15) is 9.90 Å². The first-order valence-electron chi connectivity index (χ1n) is 6.65. The number of carboxylic acids is 1. The predicted octanol–water partition coefficient (Wildman–Crippen LogP) is 2.16. The van der Waals surface area contributed by atoms with Gasteiger partial charge < -0.3 is 14.7 Å². The Bertz CT molecular complexity index is 657. The summed E-state index contributed by atoms with van der Waals surface area (Å²) in [5.74, 6) is -1.00. The van der Waals surface area contributed by atoms with Crippen molar-refractivity contribution in [2.75, 3.05) is 24.6 Å². The minimum Gasteiger partial charge on any atom is -0.477 e. The molecule has 0 spiro atoms. The topological polar surface area (TPSA) is 62.7 Å². The molecule has 104 valence electrons. The number of para-hydroxylation sites is 1. The van der Waals surface area contributed by atoms with E-state index < -0.39 is 5.97 Å². The fourth-order valence-electron chi connectivity index (χ4n) is 2.57. The van der Waals surface area contributed by atoms with Crippen LogP contribution in [-0.4, -0.2) is 41.9 Å². The quantitative estimate of drug-likeness (QED) is 0.907. The molecule has 0 bridgehead atoms. The van der Waals surface area contributed by atoms with Gasteiger partial charge in [-0.3, -0.25) is 0 Å². The molecule has 20 heavy (non-hydrogen) atoms. The van der Waals surface area contributed by atoms with Crippen molar-refractivity contribution in [1.29, 1.82) is 0 Å². The van der Waals surface area contributed by atoms with Crippen molar-refractivity contribution in [2.45, 2.75) is 13.0 Å². The molecule has 2 heterocycles. The lowest BCUT2D eigenvalue weighted by Crippen LogP contribution is -2.41. The number of aromatic carboxylic acids is 1. The van der Waals surface area contributed by atoms with E-state index in [2.05, 4.69) is 9.88 Å². The number of anilines is 1. The Labute approximate surface area is 116 Å². The van der Waals surface area contributed by atoms with Gasteiger partial charge in [0.15, 0.2) is 5.69 Å². The van der Waals surface area contributed by atoms with Crippen LogP contribution in [-0.2, 0) is 4.74 Å². The Morgan fingerprint density at radius 3 is 3.00 bits per heavy atom. The fraction of sp³-hybridized carbons (Fsp3) is 0.333. The molecule has 1 aromatic heterocycles. The van der Waals surface area contributed by atoms with Crippen LogP contribution in [0.2, 0.25) is 0 Å². The number of nitrogens with zero attached hydrogens (tertiary/aromatic N) is 2. The third kappa shape index (κ3) is 2.32. The number of hydrogen-bond donors (Lipinski definition) is 1. The summed E-state index contributed by atoms with van der Waals surface area (Å²) in [6.45, 7) is 4.19. The van der Waals surface area contributed by atoms with E-state index >= 15 is 0 Å². The highest BCUT2D eigenvalue weighted by Gasteiger charge is 2.20. The Hall–Kier alpha value is -2.14. The van der Waals surface area contributed by atoms with Gasteiger partial charge in [-0.05, 0) is 19.1 Å². The maximum atomic E-state index is 11.2. The number of ether oxygens (including phenoxy) is 1. The van der Waals surface area contributed by atoms with Gasteiger partial charge in [0.1, 0.15) is 0 Å². The molecular formula is C15H16N2O3. The molecule has 1 fully saturated rings. The Morgan fingerprint density at radius 2 is 2.25 bits per heavy atom. The van der Waals surface area contributed by atoms with Gasteiger partial charge in [-0.15, -0.1) is 0 Å². The summed E-state index contributed by atoms with van der Waals surface area (Å²) in [6, 6.07) is 9.28. The van der Waals surface area contributed by atoms with Gasteiger partial charge in [-0.2, -0.15) is 0 Å². The van der Waals surface area contributed by atoms with Crippen LogP contribution in [0.5, 0.6) is 0 Å². The van der Waals surface area contributed by atoms with E-state index in [1.54, 1.807) is 6.07 Å². The maximum Gasteiger partial charge on any atom is 0.354 e. The van der Waals surface area contributed by atoms with E-state index in [0.717, 1.165) is 24.2 Å². The van der Waals surface area contributed by atoms with Gasteiger partial charge in [0.2, 0.25) is 0 Å². The van der Waals surface area contributed by atoms with Gasteiger partial charge >= 0.3 is 5.97 Å². The van der Waals surface area contributed by atoms with Crippen LogP contribution in [0.1, 0.15) is 17.4 Å². The van der Waals surface area contributed by atoms with Gasteiger partial charge in [-0.1, -0.05) is 18.2 Å². The SMILES string of the molecule is CC1CN(c2cc(C(=O)O)nc3ccccc23)CCO1. The molecule has 3 rings (SSSR count). The molecule has 1 unspecified atom stereocenters. The largest absolute Gasteiger partial charge is 0.477 e. The second-order valence-electron chi connectivity index (χ2n) is 4.98. The normalized spacial score (nSPS) is 19.2. The minimum absolute atomic E-state index is 0.0813. The Balaban J connectivity index is 2.14. The van der Waals surface area contributed by atoms with Gasteiger partial charge in [0, 0.05) is 24.2 Å². The third-order valence-electron chi connectivity index (χ3n) is 3.50. The van der Waals surface area contributed by atoms with E-state index in [-0.39, 0.29) is 11.8 Å². The highest BCUT2D eigenvalue weighted by Crippen LogP contribution is 2.28. The molecule has 0 radical (unpaired) electrons. The van der Waals surface area contributed by atoms with Crippen LogP contribution >= 0.6 is 0 Å². The van der Waals surface area contributed by atoms with Crippen molar-refractivity contribution in [2.24, 2.45) is 0 Å². The summed E-state index contributed by atoms with van der Waals surface area (Å²) in [4.78, 5) is 17.6. The molecule has 1 saturated heterocycles. The fourth-order valence-corrected chi connectivity index (χ4v) is 2.57. The van der Waals surface area contributed by atoms with Crippen LogP contribution in [0.25, 0.3) is 10.9 Å². The summed E-state index contributed by atoms with van der Waals surface area (Å²) in [5, 5.41) is 10.2. The van der Waals surface area contributed by atoms with Gasteiger partial charge in [0.25, 0.3) is 0 Å². The molecule has 5 heteroatoms. The van der Waals surface area contributed by atoms with Crippen LogP contribution in [0.15, 0.2) is 30.3 Å². The lowest BCUT2D eigenvalue weighted by Gasteiger charge is -2.33. The molecule has 1 N–H and O–H groups in total. The van der Waals surface area contributed by atoms with Crippen LogP contribution < -0.4 is 4.90 Å². The zero-order valence-corrected chi connectivity index (χ0v) is 11.2. The van der Waals surface area contributed by atoms with Crippen molar-refractivity contribution >= 4 is 22.6 Å². The first kappa shape index (κ1) is 12.9. The Kier molecular flexibility index (Phi) is 3.28. The highest BCUT2D eigenvalue weighted by molar-refractivity contribution is 5.97. The average molecular weight is 272 g/mol. The van der Waals surface area contributed by atoms with E-state index in [1.807, 2.05) is 31.2 Å². The monoisotopic (exact) mass is 272 g/mol. The summed E-state index contributed by atoms with van der Waals surface area (Å²) >= 11 is 0. The average Bonchev–Trinajstić information content (AvgIpc) is 2.46. The van der Waals surface area contributed by atoms with Crippen molar-refractivity contribution in [3.8, 4) is 0 Å². The van der Waals surface area contributed by atoms with Crippen LogP contribution in [0.4, 0.5) is 5.69 Å². The summed E-state index contributed by atoms with van der Waals surface area (Å²) in [7, 11) is 0. The van der Waals surface area contributed by atoms with Crippen molar-refractivity contribution < 1.29 is 14.6 Å². The molecular weight excluding hydrogens is 256 g/mol. The zero-order chi connectivity index (χ0) is 14.1. The number of carboxylic acid groups (broad SMARTS) is 1. The summed E-state index contributed by atoms with van der Waals surface area (Å²) in [5.41, 5.74) is 1.71. The molecule has 1 aliphatic heterocycles. The summed E-state index contributed by atoms with van der Waals surface area (Å²) < 4.78 is 5.55. The Morgan fingerprint density at radius 1 is 1.45 bits per heavy atom. The van der Waals surface area contributed by atoms with Gasteiger partial charge in [-0.25, -0.2) is 9.78 Å².